The smallest absolute Gasteiger partial charge is 0.255 e. The van der Waals surface area contributed by atoms with Crippen molar-refractivity contribution >= 4 is 24.2 Å². The van der Waals surface area contributed by atoms with Gasteiger partial charge in [-0.15, -0.1) is 12.4 Å². The zero-order valence-electron chi connectivity index (χ0n) is 12.6. The van der Waals surface area contributed by atoms with Crippen molar-refractivity contribution in [1.82, 2.24) is 20.9 Å². The minimum absolute atomic E-state index is 0. The van der Waals surface area contributed by atoms with Crippen molar-refractivity contribution in [3.05, 3.63) is 24.2 Å². The Hall–Kier alpha value is -1.57. The third kappa shape index (κ3) is 5.67. The number of furan rings is 1. The Bertz CT molecular complexity index is 461. The first-order valence-corrected chi connectivity index (χ1v) is 7.20. The Morgan fingerprint density at radius 1 is 1.41 bits per heavy atom. The summed E-state index contributed by atoms with van der Waals surface area (Å²) in [4.78, 5) is 26.0. The maximum absolute atomic E-state index is 11.9. The molecule has 1 aromatic rings. The summed E-state index contributed by atoms with van der Waals surface area (Å²) in [6.45, 7) is 7.07. The number of hydrogen-bond acceptors (Lipinski definition) is 5. The van der Waals surface area contributed by atoms with Crippen LogP contribution in [0.2, 0.25) is 0 Å². The van der Waals surface area contributed by atoms with Crippen molar-refractivity contribution in [1.29, 1.82) is 0 Å². The van der Waals surface area contributed by atoms with Crippen LogP contribution < -0.4 is 16.0 Å². The Labute approximate surface area is 136 Å². The van der Waals surface area contributed by atoms with Crippen LogP contribution in [-0.2, 0) is 4.79 Å². The molecule has 0 saturated carbocycles. The third-order valence-electron chi connectivity index (χ3n) is 3.46. The van der Waals surface area contributed by atoms with Crippen molar-refractivity contribution in [2.45, 2.75) is 13.0 Å². The molecule has 2 heterocycles. The molecule has 1 aliphatic rings. The zero-order valence-corrected chi connectivity index (χ0v) is 13.4. The Morgan fingerprint density at radius 3 is 2.77 bits per heavy atom. The van der Waals surface area contributed by atoms with E-state index in [4.69, 9.17) is 4.42 Å². The van der Waals surface area contributed by atoms with E-state index in [0.29, 0.717) is 12.1 Å². The van der Waals surface area contributed by atoms with E-state index in [2.05, 4.69) is 20.9 Å². The molecule has 1 unspecified atom stereocenters. The summed E-state index contributed by atoms with van der Waals surface area (Å²) in [5, 5.41) is 8.76. The highest BCUT2D eigenvalue weighted by molar-refractivity contribution is 5.97. The molecule has 0 aromatic carbocycles. The molecule has 3 N–H and O–H groups in total. The number of amides is 2. The van der Waals surface area contributed by atoms with Crippen LogP contribution in [0.5, 0.6) is 0 Å². The largest absolute Gasteiger partial charge is 0.472 e. The van der Waals surface area contributed by atoms with Crippen LogP contribution in [0.1, 0.15) is 17.3 Å². The van der Waals surface area contributed by atoms with Gasteiger partial charge in [0, 0.05) is 39.3 Å². The standard InChI is InChI=1S/C14H22N4O3.ClH/c1-11(17-14(20)12-2-9-21-10-12)13(19)16-5-8-18-6-3-15-4-7-18;/h2,9-11,15H,3-8H2,1H3,(H,16,19)(H,17,20);1H. The number of nitrogens with one attached hydrogen (secondary N) is 3. The van der Waals surface area contributed by atoms with Crippen molar-refractivity contribution in [3.8, 4) is 0 Å². The second kappa shape index (κ2) is 9.45. The van der Waals surface area contributed by atoms with Gasteiger partial charge < -0.3 is 20.4 Å². The first-order chi connectivity index (χ1) is 10.2. The van der Waals surface area contributed by atoms with E-state index in [1.54, 1.807) is 13.0 Å². The fourth-order valence-electron chi connectivity index (χ4n) is 2.16. The van der Waals surface area contributed by atoms with Crippen LogP contribution in [0, 0.1) is 0 Å². The quantitative estimate of drug-likeness (QED) is 0.675. The molecule has 2 rings (SSSR count). The van der Waals surface area contributed by atoms with Crippen LogP contribution in [0.3, 0.4) is 0 Å². The van der Waals surface area contributed by atoms with Crippen molar-refractivity contribution in [2.75, 3.05) is 39.3 Å². The average Bonchev–Trinajstić information content (AvgIpc) is 3.02. The Balaban J connectivity index is 0.00000242. The molecule has 8 heteroatoms. The molecule has 124 valence electrons. The predicted octanol–water partition coefficient (Wildman–Crippen LogP) is -0.159. The van der Waals surface area contributed by atoms with E-state index in [1.165, 1.54) is 12.5 Å². The first-order valence-electron chi connectivity index (χ1n) is 7.20. The highest BCUT2D eigenvalue weighted by Gasteiger charge is 2.17. The molecule has 1 atom stereocenters. The van der Waals surface area contributed by atoms with Gasteiger partial charge in [-0.2, -0.15) is 0 Å². The topological polar surface area (TPSA) is 86.6 Å². The summed E-state index contributed by atoms with van der Waals surface area (Å²) in [5.74, 6) is -0.490. The van der Waals surface area contributed by atoms with Gasteiger partial charge in [0.15, 0.2) is 0 Å². The maximum Gasteiger partial charge on any atom is 0.255 e. The summed E-state index contributed by atoms with van der Waals surface area (Å²) >= 11 is 0. The monoisotopic (exact) mass is 330 g/mol. The lowest BCUT2D eigenvalue weighted by atomic mass is 10.2. The second-order valence-corrected chi connectivity index (χ2v) is 5.09. The molecule has 22 heavy (non-hydrogen) atoms. The number of carbonyl (C=O) groups is 2. The molecule has 1 saturated heterocycles. The van der Waals surface area contributed by atoms with Crippen LogP contribution >= 0.6 is 12.4 Å². The molecule has 0 bridgehead atoms. The van der Waals surface area contributed by atoms with Gasteiger partial charge >= 0.3 is 0 Å². The van der Waals surface area contributed by atoms with Gasteiger partial charge in [-0.25, -0.2) is 0 Å². The van der Waals surface area contributed by atoms with E-state index in [0.717, 1.165) is 32.7 Å². The Kier molecular flexibility index (Phi) is 7.94. The fraction of sp³-hybridized carbons (Fsp3) is 0.571. The fourth-order valence-corrected chi connectivity index (χ4v) is 2.16. The summed E-state index contributed by atoms with van der Waals surface area (Å²) in [6, 6.07) is 0.986. The molecular formula is C14H23ClN4O3. The maximum atomic E-state index is 11.9. The summed E-state index contributed by atoms with van der Waals surface area (Å²) in [7, 11) is 0. The van der Waals surface area contributed by atoms with Gasteiger partial charge in [-0.1, -0.05) is 0 Å². The number of piperazine rings is 1. The lowest BCUT2D eigenvalue weighted by Gasteiger charge is -2.27. The zero-order chi connectivity index (χ0) is 15.1. The number of carbonyl (C=O) groups excluding carboxylic acids is 2. The molecule has 0 aliphatic carbocycles. The van der Waals surface area contributed by atoms with Crippen LogP contribution in [0.15, 0.2) is 23.0 Å². The number of hydrogen-bond donors (Lipinski definition) is 3. The lowest BCUT2D eigenvalue weighted by Crippen LogP contribution is -2.49. The minimum Gasteiger partial charge on any atom is -0.472 e. The average molecular weight is 331 g/mol. The van der Waals surface area contributed by atoms with Gasteiger partial charge in [0.1, 0.15) is 12.3 Å². The van der Waals surface area contributed by atoms with E-state index in [1.807, 2.05) is 0 Å². The van der Waals surface area contributed by atoms with Gasteiger partial charge in [-0.05, 0) is 13.0 Å². The first kappa shape index (κ1) is 18.5. The number of halogens is 1. The predicted molar refractivity (Wildman–Crippen MR) is 85.2 cm³/mol. The van der Waals surface area contributed by atoms with Gasteiger partial charge in [0.05, 0.1) is 11.8 Å². The van der Waals surface area contributed by atoms with Crippen LogP contribution in [-0.4, -0.2) is 62.0 Å². The summed E-state index contributed by atoms with van der Waals surface area (Å²) in [6.07, 6.45) is 2.78. The summed E-state index contributed by atoms with van der Waals surface area (Å²) < 4.78 is 4.84. The molecule has 0 spiro atoms. The Morgan fingerprint density at radius 2 is 2.14 bits per heavy atom. The van der Waals surface area contributed by atoms with Crippen LogP contribution in [0.25, 0.3) is 0 Å². The number of rotatable bonds is 6. The molecular weight excluding hydrogens is 308 g/mol. The van der Waals surface area contributed by atoms with Gasteiger partial charge in [0.25, 0.3) is 5.91 Å². The SMILES string of the molecule is CC(NC(=O)c1ccoc1)C(=O)NCCN1CCNCC1.Cl. The van der Waals surface area contributed by atoms with Crippen molar-refractivity contribution in [2.24, 2.45) is 0 Å². The van der Waals surface area contributed by atoms with E-state index in [9.17, 15) is 9.59 Å². The molecule has 2 amide bonds. The minimum atomic E-state index is -0.574. The molecule has 1 fully saturated rings. The molecule has 1 aliphatic heterocycles. The molecule has 7 nitrogen and oxygen atoms in total. The van der Waals surface area contributed by atoms with Crippen LogP contribution in [0.4, 0.5) is 0 Å². The van der Waals surface area contributed by atoms with E-state index < -0.39 is 6.04 Å². The van der Waals surface area contributed by atoms with Gasteiger partial charge in [0.2, 0.25) is 5.91 Å². The third-order valence-corrected chi connectivity index (χ3v) is 3.46. The summed E-state index contributed by atoms with van der Waals surface area (Å²) in [5.41, 5.74) is 0.412. The van der Waals surface area contributed by atoms with Crippen molar-refractivity contribution in [3.63, 3.8) is 0 Å². The van der Waals surface area contributed by atoms with E-state index >= 15 is 0 Å². The van der Waals surface area contributed by atoms with Crippen molar-refractivity contribution < 1.29 is 14.0 Å². The van der Waals surface area contributed by atoms with Gasteiger partial charge in [-0.3, -0.25) is 14.5 Å². The number of nitrogens with zero attached hydrogens (tertiary/aromatic N) is 1. The second-order valence-electron chi connectivity index (χ2n) is 5.09. The highest BCUT2D eigenvalue weighted by Crippen LogP contribution is 2.00. The highest BCUT2D eigenvalue weighted by atomic mass is 35.5. The van der Waals surface area contributed by atoms with E-state index in [-0.39, 0.29) is 24.2 Å². The molecule has 1 aromatic heterocycles. The normalized spacial score (nSPS) is 16.4. The lowest BCUT2D eigenvalue weighted by molar-refractivity contribution is -0.122. The molecule has 0 radical (unpaired) electrons.